The number of benzene rings is 1. The lowest BCUT2D eigenvalue weighted by molar-refractivity contribution is 0.283. The summed E-state index contributed by atoms with van der Waals surface area (Å²) in [5.41, 5.74) is 6.45. The average Bonchev–Trinajstić information content (AvgIpc) is 2.25. The largest absolute Gasteiger partial charge is 0.329 e. The maximum Gasteiger partial charge on any atom is 0.130 e. The van der Waals surface area contributed by atoms with Crippen molar-refractivity contribution in [2.45, 2.75) is 20.4 Å². The van der Waals surface area contributed by atoms with E-state index in [1.165, 1.54) is 0 Å². The Morgan fingerprint density at radius 1 is 1.25 bits per heavy atom. The van der Waals surface area contributed by atoms with E-state index in [0.717, 1.165) is 12.6 Å². The Morgan fingerprint density at radius 2 is 1.94 bits per heavy atom. The lowest BCUT2D eigenvalue weighted by atomic mass is 10.1. The zero-order valence-electron chi connectivity index (χ0n) is 9.76. The standard InChI is InChI=1S/C12H18F2N2/c1-3-16(5-4-15)8-10-6-9(2)11(13)7-12(10)14/h6-7H,3-5,8,15H2,1-2H3. The topological polar surface area (TPSA) is 29.3 Å². The number of hydrogen-bond donors (Lipinski definition) is 1. The van der Waals surface area contributed by atoms with Crippen molar-refractivity contribution in [2.24, 2.45) is 5.73 Å². The summed E-state index contributed by atoms with van der Waals surface area (Å²) >= 11 is 0. The lowest BCUT2D eigenvalue weighted by Gasteiger charge is -2.20. The number of aryl methyl sites for hydroxylation is 1. The van der Waals surface area contributed by atoms with Gasteiger partial charge < -0.3 is 5.73 Å². The molecule has 0 aliphatic carbocycles. The van der Waals surface area contributed by atoms with E-state index in [1.54, 1.807) is 13.0 Å². The molecule has 2 nitrogen and oxygen atoms in total. The summed E-state index contributed by atoms with van der Waals surface area (Å²) < 4.78 is 26.5. The fraction of sp³-hybridized carbons (Fsp3) is 0.500. The van der Waals surface area contributed by atoms with Crippen molar-refractivity contribution < 1.29 is 8.78 Å². The molecule has 0 aliphatic heterocycles. The predicted molar refractivity (Wildman–Crippen MR) is 61.1 cm³/mol. The lowest BCUT2D eigenvalue weighted by Crippen LogP contribution is -2.29. The smallest absolute Gasteiger partial charge is 0.130 e. The minimum atomic E-state index is -0.497. The zero-order chi connectivity index (χ0) is 12.1. The van der Waals surface area contributed by atoms with Crippen molar-refractivity contribution in [3.63, 3.8) is 0 Å². The van der Waals surface area contributed by atoms with Crippen LogP contribution < -0.4 is 5.73 Å². The number of hydrogen-bond acceptors (Lipinski definition) is 2. The molecule has 0 radical (unpaired) electrons. The van der Waals surface area contributed by atoms with Crippen molar-refractivity contribution in [1.29, 1.82) is 0 Å². The Morgan fingerprint density at radius 3 is 2.50 bits per heavy atom. The molecule has 0 aromatic heterocycles. The Hall–Kier alpha value is -1.00. The average molecular weight is 228 g/mol. The van der Waals surface area contributed by atoms with E-state index in [-0.39, 0.29) is 0 Å². The van der Waals surface area contributed by atoms with Crippen LogP contribution in [0.3, 0.4) is 0 Å². The number of rotatable bonds is 5. The number of nitrogens with two attached hydrogens (primary N) is 1. The molecule has 0 saturated heterocycles. The van der Waals surface area contributed by atoms with Gasteiger partial charge in [-0.05, 0) is 25.1 Å². The Balaban J connectivity index is 2.83. The predicted octanol–water partition coefficient (Wildman–Crippen LogP) is 2.05. The molecule has 0 bridgehead atoms. The quantitative estimate of drug-likeness (QED) is 0.835. The maximum atomic E-state index is 13.5. The van der Waals surface area contributed by atoms with Crippen LogP contribution in [0.25, 0.3) is 0 Å². The van der Waals surface area contributed by atoms with Gasteiger partial charge in [0, 0.05) is 31.3 Å². The van der Waals surface area contributed by atoms with Crippen molar-refractivity contribution >= 4 is 0 Å². The first-order chi connectivity index (χ1) is 7.58. The van der Waals surface area contributed by atoms with Gasteiger partial charge in [-0.25, -0.2) is 8.78 Å². The fourth-order valence-electron chi connectivity index (χ4n) is 1.61. The summed E-state index contributed by atoms with van der Waals surface area (Å²) in [6, 6.07) is 2.50. The van der Waals surface area contributed by atoms with Crippen molar-refractivity contribution in [3.05, 3.63) is 34.9 Å². The van der Waals surface area contributed by atoms with Crippen LogP contribution >= 0.6 is 0 Å². The molecule has 16 heavy (non-hydrogen) atoms. The summed E-state index contributed by atoms with van der Waals surface area (Å²) in [6.07, 6.45) is 0. The van der Waals surface area contributed by atoms with Crippen LogP contribution in [0.15, 0.2) is 12.1 Å². The van der Waals surface area contributed by atoms with Crippen LogP contribution in [0.5, 0.6) is 0 Å². The Kier molecular flexibility index (Phi) is 4.83. The molecular formula is C12H18F2N2. The molecule has 90 valence electrons. The van der Waals surface area contributed by atoms with Crippen LogP contribution in [-0.2, 0) is 6.54 Å². The first-order valence-electron chi connectivity index (χ1n) is 5.45. The summed E-state index contributed by atoms with van der Waals surface area (Å²) in [4.78, 5) is 2.02. The highest BCUT2D eigenvalue weighted by molar-refractivity contribution is 5.25. The van der Waals surface area contributed by atoms with E-state index in [2.05, 4.69) is 0 Å². The number of likely N-dealkylation sites (N-methyl/N-ethyl adjacent to an activating group) is 1. The van der Waals surface area contributed by atoms with Crippen molar-refractivity contribution in [1.82, 2.24) is 4.90 Å². The van der Waals surface area contributed by atoms with Crippen molar-refractivity contribution in [3.8, 4) is 0 Å². The third-order valence-electron chi connectivity index (χ3n) is 2.61. The molecule has 0 amide bonds. The van der Waals surface area contributed by atoms with E-state index < -0.39 is 11.6 Å². The summed E-state index contributed by atoms with van der Waals surface area (Å²) in [7, 11) is 0. The summed E-state index contributed by atoms with van der Waals surface area (Å²) in [6.45, 7) is 6.15. The monoisotopic (exact) mass is 228 g/mol. The molecule has 4 heteroatoms. The van der Waals surface area contributed by atoms with Crippen LogP contribution in [0, 0.1) is 18.6 Å². The fourth-order valence-corrected chi connectivity index (χ4v) is 1.61. The van der Waals surface area contributed by atoms with E-state index in [1.807, 2.05) is 11.8 Å². The second-order valence-electron chi connectivity index (χ2n) is 3.85. The van der Waals surface area contributed by atoms with Gasteiger partial charge in [0.2, 0.25) is 0 Å². The maximum absolute atomic E-state index is 13.5. The van der Waals surface area contributed by atoms with Gasteiger partial charge >= 0.3 is 0 Å². The minimum absolute atomic E-state index is 0.472. The van der Waals surface area contributed by atoms with Gasteiger partial charge in [-0.15, -0.1) is 0 Å². The van der Waals surface area contributed by atoms with E-state index in [4.69, 9.17) is 5.73 Å². The molecule has 0 aliphatic rings. The number of nitrogens with zero attached hydrogens (tertiary/aromatic N) is 1. The third-order valence-corrected chi connectivity index (χ3v) is 2.61. The third kappa shape index (κ3) is 3.25. The van der Waals surface area contributed by atoms with E-state index in [0.29, 0.717) is 30.8 Å². The normalized spacial score (nSPS) is 11.1. The zero-order valence-corrected chi connectivity index (χ0v) is 9.76. The van der Waals surface area contributed by atoms with Crippen LogP contribution in [0.1, 0.15) is 18.1 Å². The molecule has 2 N–H and O–H groups in total. The van der Waals surface area contributed by atoms with E-state index in [9.17, 15) is 8.78 Å². The molecule has 0 heterocycles. The van der Waals surface area contributed by atoms with Gasteiger partial charge in [0.25, 0.3) is 0 Å². The molecular weight excluding hydrogens is 210 g/mol. The van der Waals surface area contributed by atoms with Crippen LogP contribution in [0.4, 0.5) is 8.78 Å². The molecule has 0 spiro atoms. The first-order valence-corrected chi connectivity index (χ1v) is 5.45. The summed E-state index contributed by atoms with van der Waals surface area (Å²) in [5.74, 6) is -0.985. The Bertz CT molecular complexity index is 353. The molecule has 0 fully saturated rings. The van der Waals surface area contributed by atoms with Gasteiger partial charge in [-0.3, -0.25) is 4.90 Å². The second kappa shape index (κ2) is 5.92. The molecule has 0 unspecified atom stereocenters. The van der Waals surface area contributed by atoms with Gasteiger partial charge in [0.1, 0.15) is 11.6 Å². The second-order valence-corrected chi connectivity index (χ2v) is 3.85. The van der Waals surface area contributed by atoms with Crippen LogP contribution in [0.2, 0.25) is 0 Å². The van der Waals surface area contributed by atoms with Gasteiger partial charge in [0.15, 0.2) is 0 Å². The highest BCUT2D eigenvalue weighted by Gasteiger charge is 2.10. The molecule has 0 atom stereocenters. The minimum Gasteiger partial charge on any atom is -0.329 e. The molecule has 1 aromatic carbocycles. The summed E-state index contributed by atoms with van der Waals surface area (Å²) in [5, 5.41) is 0. The Labute approximate surface area is 95.1 Å². The van der Waals surface area contributed by atoms with E-state index >= 15 is 0 Å². The first kappa shape index (κ1) is 13.1. The van der Waals surface area contributed by atoms with Gasteiger partial charge in [-0.1, -0.05) is 6.92 Å². The molecule has 1 rings (SSSR count). The molecule has 1 aromatic rings. The highest BCUT2D eigenvalue weighted by Crippen LogP contribution is 2.15. The van der Waals surface area contributed by atoms with Crippen molar-refractivity contribution in [2.75, 3.05) is 19.6 Å². The van der Waals surface area contributed by atoms with Gasteiger partial charge in [-0.2, -0.15) is 0 Å². The van der Waals surface area contributed by atoms with Gasteiger partial charge in [0.05, 0.1) is 0 Å². The highest BCUT2D eigenvalue weighted by atomic mass is 19.1. The van der Waals surface area contributed by atoms with Crippen LogP contribution in [-0.4, -0.2) is 24.5 Å². The number of halogens is 2. The SMILES string of the molecule is CCN(CCN)Cc1cc(C)c(F)cc1F. The molecule has 0 saturated carbocycles.